The monoisotopic (exact) mass is 237 g/mol. The van der Waals surface area contributed by atoms with Crippen molar-refractivity contribution in [3.63, 3.8) is 0 Å². The third kappa shape index (κ3) is 4.36. The van der Waals surface area contributed by atoms with Gasteiger partial charge in [0.05, 0.1) is 13.7 Å². The van der Waals surface area contributed by atoms with Gasteiger partial charge in [-0.2, -0.15) is 0 Å². The van der Waals surface area contributed by atoms with Crippen LogP contribution in [0.3, 0.4) is 0 Å². The van der Waals surface area contributed by atoms with Gasteiger partial charge in [0, 0.05) is 19.7 Å². The molecule has 1 aromatic rings. The maximum absolute atomic E-state index is 5.36. The molecular weight excluding hydrogens is 214 g/mol. The van der Waals surface area contributed by atoms with Crippen molar-refractivity contribution < 1.29 is 9.47 Å². The van der Waals surface area contributed by atoms with E-state index in [-0.39, 0.29) is 0 Å². The van der Waals surface area contributed by atoms with Crippen molar-refractivity contribution in [3.8, 4) is 5.75 Å². The minimum absolute atomic E-state index is 0.474. The highest BCUT2D eigenvalue weighted by atomic mass is 16.5. The summed E-state index contributed by atoms with van der Waals surface area (Å²) in [4.78, 5) is 2.30. The van der Waals surface area contributed by atoms with Gasteiger partial charge >= 0.3 is 0 Å². The number of methoxy groups -OCH3 is 2. The minimum Gasteiger partial charge on any atom is -0.496 e. The Balaban J connectivity index is 2.57. The molecule has 0 saturated heterocycles. The van der Waals surface area contributed by atoms with Crippen LogP contribution in [0.2, 0.25) is 0 Å². The summed E-state index contributed by atoms with van der Waals surface area (Å²) in [6, 6.07) is 8.67. The summed E-state index contributed by atoms with van der Waals surface area (Å²) in [6.07, 6.45) is 0.990. The molecule has 96 valence electrons. The second kappa shape index (κ2) is 7.30. The third-order valence-corrected chi connectivity index (χ3v) is 3.11. The lowest BCUT2D eigenvalue weighted by Crippen LogP contribution is -2.33. The van der Waals surface area contributed by atoms with Crippen LogP contribution in [-0.4, -0.2) is 45.4 Å². The van der Waals surface area contributed by atoms with Crippen LogP contribution in [0.15, 0.2) is 24.3 Å². The Morgan fingerprint density at radius 2 is 1.94 bits per heavy atom. The van der Waals surface area contributed by atoms with E-state index in [1.807, 2.05) is 12.1 Å². The van der Waals surface area contributed by atoms with E-state index in [0.717, 1.165) is 25.3 Å². The molecule has 1 atom stereocenters. The number of likely N-dealkylation sites (N-methyl/N-ethyl adjacent to an activating group) is 1. The summed E-state index contributed by atoms with van der Waals surface area (Å²) < 4.78 is 10.5. The van der Waals surface area contributed by atoms with Crippen molar-refractivity contribution in [1.82, 2.24) is 4.90 Å². The number of rotatable bonds is 7. The van der Waals surface area contributed by atoms with Gasteiger partial charge in [-0.3, -0.25) is 0 Å². The maximum atomic E-state index is 5.36. The number of hydrogen-bond acceptors (Lipinski definition) is 3. The van der Waals surface area contributed by atoms with Gasteiger partial charge in [-0.15, -0.1) is 0 Å². The normalized spacial score (nSPS) is 12.8. The van der Waals surface area contributed by atoms with Gasteiger partial charge in [-0.05, 0) is 32.0 Å². The predicted molar refractivity (Wildman–Crippen MR) is 70.7 cm³/mol. The molecule has 1 aromatic carbocycles. The lowest BCUT2D eigenvalue weighted by molar-refractivity contribution is 0.142. The molecule has 0 spiro atoms. The Kier molecular flexibility index (Phi) is 6.01. The Labute approximate surface area is 104 Å². The zero-order valence-electron chi connectivity index (χ0n) is 11.3. The van der Waals surface area contributed by atoms with E-state index in [1.54, 1.807) is 14.2 Å². The average Bonchev–Trinajstić information content (AvgIpc) is 2.36. The van der Waals surface area contributed by atoms with Crippen LogP contribution in [0.25, 0.3) is 0 Å². The van der Waals surface area contributed by atoms with Crippen LogP contribution in [0.1, 0.15) is 12.5 Å². The zero-order chi connectivity index (χ0) is 12.7. The van der Waals surface area contributed by atoms with Crippen LogP contribution in [0.5, 0.6) is 5.75 Å². The van der Waals surface area contributed by atoms with Crippen molar-refractivity contribution in [3.05, 3.63) is 29.8 Å². The highest BCUT2D eigenvalue weighted by Crippen LogP contribution is 2.19. The van der Waals surface area contributed by atoms with Gasteiger partial charge in [0.2, 0.25) is 0 Å². The van der Waals surface area contributed by atoms with Gasteiger partial charge in [-0.1, -0.05) is 18.2 Å². The molecule has 0 aliphatic rings. The summed E-state index contributed by atoms with van der Waals surface area (Å²) in [5, 5.41) is 0. The van der Waals surface area contributed by atoms with E-state index in [9.17, 15) is 0 Å². The lowest BCUT2D eigenvalue weighted by atomic mass is 10.1. The second-order valence-corrected chi connectivity index (χ2v) is 4.34. The first-order valence-corrected chi connectivity index (χ1v) is 6.00. The SMILES string of the molecule is COCCN(C)[C@@H](C)Cc1ccccc1OC. The molecule has 0 amide bonds. The predicted octanol–water partition coefficient (Wildman–Crippen LogP) is 2.20. The van der Waals surface area contributed by atoms with Crippen LogP contribution in [0.4, 0.5) is 0 Å². The molecule has 17 heavy (non-hydrogen) atoms. The topological polar surface area (TPSA) is 21.7 Å². The molecule has 0 N–H and O–H groups in total. The second-order valence-electron chi connectivity index (χ2n) is 4.34. The molecule has 0 aliphatic heterocycles. The Morgan fingerprint density at radius 1 is 1.24 bits per heavy atom. The first-order chi connectivity index (χ1) is 8.19. The van der Waals surface area contributed by atoms with Gasteiger partial charge in [-0.25, -0.2) is 0 Å². The van der Waals surface area contributed by atoms with Crippen LogP contribution in [0, 0.1) is 0 Å². The standard InChI is InChI=1S/C14H23NO2/c1-12(15(2)9-10-16-3)11-13-7-5-6-8-14(13)17-4/h5-8,12H,9-11H2,1-4H3/t12-/m0/s1. The van der Waals surface area contributed by atoms with Crippen LogP contribution < -0.4 is 4.74 Å². The fourth-order valence-electron chi connectivity index (χ4n) is 1.80. The molecule has 0 fully saturated rings. The van der Waals surface area contributed by atoms with E-state index < -0.39 is 0 Å². The Bertz CT molecular complexity index is 328. The Hall–Kier alpha value is -1.06. The largest absolute Gasteiger partial charge is 0.496 e. The molecule has 3 nitrogen and oxygen atoms in total. The van der Waals surface area contributed by atoms with Gasteiger partial charge in [0.15, 0.2) is 0 Å². The smallest absolute Gasteiger partial charge is 0.122 e. The van der Waals surface area contributed by atoms with E-state index in [1.165, 1.54) is 5.56 Å². The molecule has 0 aromatic heterocycles. The third-order valence-electron chi connectivity index (χ3n) is 3.11. The fourth-order valence-corrected chi connectivity index (χ4v) is 1.80. The minimum atomic E-state index is 0.474. The summed E-state index contributed by atoms with van der Waals surface area (Å²) >= 11 is 0. The van der Waals surface area contributed by atoms with Crippen LogP contribution in [-0.2, 0) is 11.2 Å². The molecule has 0 unspecified atom stereocenters. The number of benzene rings is 1. The van der Waals surface area contributed by atoms with Crippen molar-refractivity contribution in [2.24, 2.45) is 0 Å². The van der Waals surface area contributed by atoms with Crippen molar-refractivity contribution in [1.29, 1.82) is 0 Å². The average molecular weight is 237 g/mol. The van der Waals surface area contributed by atoms with Crippen LogP contribution >= 0.6 is 0 Å². The number of ether oxygens (including phenoxy) is 2. The molecule has 3 heteroatoms. The number of para-hydroxylation sites is 1. The zero-order valence-corrected chi connectivity index (χ0v) is 11.3. The van der Waals surface area contributed by atoms with Gasteiger partial charge in [0.25, 0.3) is 0 Å². The highest BCUT2D eigenvalue weighted by molar-refractivity contribution is 5.33. The molecule has 0 heterocycles. The highest BCUT2D eigenvalue weighted by Gasteiger charge is 2.12. The first kappa shape index (κ1) is 14.0. The molecule has 0 saturated carbocycles. The summed E-state index contributed by atoms with van der Waals surface area (Å²) in [7, 11) is 5.58. The van der Waals surface area contributed by atoms with Crippen molar-refractivity contribution in [2.75, 3.05) is 34.4 Å². The Morgan fingerprint density at radius 3 is 2.59 bits per heavy atom. The molecule has 0 aliphatic carbocycles. The summed E-state index contributed by atoms with van der Waals surface area (Å²) in [5.41, 5.74) is 1.26. The summed E-state index contributed by atoms with van der Waals surface area (Å²) in [6.45, 7) is 3.95. The van der Waals surface area contributed by atoms with E-state index in [0.29, 0.717) is 6.04 Å². The molecule has 0 radical (unpaired) electrons. The van der Waals surface area contributed by atoms with E-state index in [2.05, 4.69) is 31.0 Å². The van der Waals surface area contributed by atoms with Gasteiger partial charge < -0.3 is 14.4 Å². The van der Waals surface area contributed by atoms with Gasteiger partial charge in [0.1, 0.15) is 5.75 Å². The first-order valence-electron chi connectivity index (χ1n) is 6.00. The maximum Gasteiger partial charge on any atom is 0.122 e. The van der Waals surface area contributed by atoms with E-state index in [4.69, 9.17) is 9.47 Å². The van der Waals surface area contributed by atoms with E-state index >= 15 is 0 Å². The number of nitrogens with zero attached hydrogens (tertiary/aromatic N) is 1. The lowest BCUT2D eigenvalue weighted by Gasteiger charge is -2.25. The van der Waals surface area contributed by atoms with Crippen molar-refractivity contribution >= 4 is 0 Å². The van der Waals surface area contributed by atoms with Crippen molar-refractivity contribution in [2.45, 2.75) is 19.4 Å². The fraction of sp³-hybridized carbons (Fsp3) is 0.571. The molecular formula is C14H23NO2. The molecule has 1 rings (SSSR count). The molecule has 0 bridgehead atoms. The quantitative estimate of drug-likeness (QED) is 0.725. The number of hydrogen-bond donors (Lipinski definition) is 0. The summed E-state index contributed by atoms with van der Waals surface area (Å²) in [5.74, 6) is 0.972.